The summed E-state index contributed by atoms with van der Waals surface area (Å²) in [5.41, 5.74) is 1.22. The van der Waals surface area contributed by atoms with E-state index in [9.17, 15) is 0 Å². The molecule has 1 saturated heterocycles. The van der Waals surface area contributed by atoms with E-state index in [-0.39, 0.29) is 0 Å². The van der Waals surface area contributed by atoms with E-state index in [0.717, 1.165) is 25.4 Å². The third-order valence-corrected chi connectivity index (χ3v) is 3.69. The maximum Gasteiger partial charge on any atom is 0.0731 e. The van der Waals surface area contributed by atoms with Gasteiger partial charge < -0.3 is 4.74 Å². The molecule has 2 nitrogen and oxygen atoms in total. The van der Waals surface area contributed by atoms with Crippen molar-refractivity contribution < 1.29 is 4.74 Å². The summed E-state index contributed by atoms with van der Waals surface area (Å²) < 4.78 is 5.76. The summed E-state index contributed by atoms with van der Waals surface area (Å²) in [6.07, 6.45) is 4.36. The maximum atomic E-state index is 5.76. The Labute approximate surface area is 91.7 Å². The molecule has 0 spiro atoms. The lowest BCUT2D eigenvalue weighted by atomic mass is 10.1. The van der Waals surface area contributed by atoms with Crippen LogP contribution in [0.25, 0.3) is 0 Å². The van der Waals surface area contributed by atoms with Crippen molar-refractivity contribution >= 4 is 12.6 Å². The van der Waals surface area contributed by atoms with Crippen LogP contribution in [0.1, 0.15) is 19.3 Å². The van der Waals surface area contributed by atoms with Gasteiger partial charge in [-0.15, -0.1) is 0 Å². The van der Waals surface area contributed by atoms with Gasteiger partial charge in [0.1, 0.15) is 0 Å². The van der Waals surface area contributed by atoms with E-state index >= 15 is 0 Å². The van der Waals surface area contributed by atoms with E-state index in [4.69, 9.17) is 4.74 Å². The summed E-state index contributed by atoms with van der Waals surface area (Å²) in [4.78, 5) is 2.53. The van der Waals surface area contributed by atoms with Crippen LogP contribution < -0.4 is 0 Å². The van der Waals surface area contributed by atoms with Crippen molar-refractivity contribution in [1.82, 2.24) is 4.90 Å². The first-order valence-electron chi connectivity index (χ1n) is 5.44. The monoisotopic (exact) mass is 213 g/mol. The van der Waals surface area contributed by atoms with Crippen molar-refractivity contribution in [2.24, 2.45) is 0 Å². The molecule has 0 aromatic heterocycles. The van der Waals surface area contributed by atoms with E-state index in [1.165, 1.54) is 24.8 Å². The van der Waals surface area contributed by atoms with Crippen LogP contribution in [0.5, 0.6) is 0 Å². The Bertz CT molecular complexity index is 219. The van der Waals surface area contributed by atoms with Gasteiger partial charge in [0.15, 0.2) is 0 Å². The molecule has 0 aromatic rings. The van der Waals surface area contributed by atoms with Gasteiger partial charge in [-0.2, -0.15) is 12.6 Å². The Kier molecular flexibility index (Phi) is 3.52. The molecule has 2 atom stereocenters. The zero-order valence-corrected chi connectivity index (χ0v) is 9.51. The first-order chi connectivity index (χ1) is 6.81. The van der Waals surface area contributed by atoms with Crippen LogP contribution in [-0.4, -0.2) is 42.5 Å². The molecule has 2 rings (SSSR count). The summed E-state index contributed by atoms with van der Waals surface area (Å²) in [5.74, 6) is 0.800. The van der Waals surface area contributed by atoms with Crippen LogP contribution >= 0.6 is 12.6 Å². The molecule has 1 aliphatic heterocycles. The van der Waals surface area contributed by atoms with Gasteiger partial charge >= 0.3 is 0 Å². The van der Waals surface area contributed by atoms with E-state index in [1.54, 1.807) is 0 Å². The molecule has 3 heteroatoms. The van der Waals surface area contributed by atoms with E-state index in [1.807, 2.05) is 0 Å². The number of morpholine rings is 1. The fourth-order valence-corrected chi connectivity index (χ4v) is 2.64. The third kappa shape index (κ3) is 2.15. The summed E-state index contributed by atoms with van der Waals surface area (Å²) >= 11 is 4.25. The topological polar surface area (TPSA) is 12.5 Å². The Balaban J connectivity index is 1.93. The number of hydrogen-bond acceptors (Lipinski definition) is 3. The van der Waals surface area contributed by atoms with Crippen molar-refractivity contribution in [3.8, 4) is 0 Å². The minimum Gasteiger partial charge on any atom is -0.375 e. The Hall–Kier alpha value is 0.01000. The molecule has 2 fully saturated rings. The Morgan fingerprint density at radius 2 is 2.36 bits per heavy atom. The minimum absolute atomic E-state index is 0.497. The van der Waals surface area contributed by atoms with Gasteiger partial charge in [0.05, 0.1) is 12.7 Å². The van der Waals surface area contributed by atoms with Gasteiger partial charge in [0.25, 0.3) is 0 Å². The average Bonchev–Trinajstić information content (AvgIpc) is 2.66. The largest absolute Gasteiger partial charge is 0.375 e. The van der Waals surface area contributed by atoms with Crippen LogP contribution in [0, 0.1) is 0 Å². The lowest BCUT2D eigenvalue weighted by Crippen LogP contribution is -2.49. The molecule has 80 valence electrons. The fourth-order valence-electron chi connectivity index (χ4n) is 2.54. The predicted octanol–water partition coefficient (Wildman–Crippen LogP) is 1.73. The second-order valence-corrected chi connectivity index (χ2v) is 4.60. The minimum atomic E-state index is 0.497. The fraction of sp³-hybridized carbons (Fsp3) is 0.818. The highest BCUT2D eigenvalue weighted by Gasteiger charge is 2.35. The van der Waals surface area contributed by atoms with Gasteiger partial charge in [-0.05, 0) is 19.3 Å². The lowest BCUT2D eigenvalue weighted by molar-refractivity contribution is -0.0519. The van der Waals surface area contributed by atoms with Crippen LogP contribution in [0.2, 0.25) is 0 Å². The summed E-state index contributed by atoms with van der Waals surface area (Å²) in [6.45, 7) is 6.98. The van der Waals surface area contributed by atoms with Gasteiger partial charge in [0, 0.05) is 24.9 Å². The van der Waals surface area contributed by atoms with E-state index in [0.29, 0.717) is 12.1 Å². The standard InChI is InChI=1S/C11H19NOS/c1-9(8-14)7-12-5-6-13-11-4-2-3-10(11)12/h10-11,14H,1-8H2. The van der Waals surface area contributed by atoms with Crippen molar-refractivity contribution in [3.63, 3.8) is 0 Å². The molecule has 1 aliphatic carbocycles. The quantitative estimate of drug-likeness (QED) is 0.566. The zero-order valence-electron chi connectivity index (χ0n) is 8.61. The molecule has 1 heterocycles. The second kappa shape index (κ2) is 4.69. The van der Waals surface area contributed by atoms with Gasteiger partial charge in [-0.1, -0.05) is 12.2 Å². The Morgan fingerprint density at radius 1 is 1.50 bits per heavy atom. The highest BCUT2D eigenvalue weighted by molar-refractivity contribution is 7.80. The highest BCUT2D eigenvalue weighted by Crippen LogP contribution is 2.29. The van der Waals surface area contributed by atoms with Crippen LogP contribution in [-0.2, 0) is 4.74 Å². The summed E-state index contributed by atoms with van der Waals surface area (Å²) in [6, 6.07) is 0.653. The molecular weight excluding hydrogens is 194 g/mol. The van der Waals surface area contributed by atoms with Crippen molar-refractivity contribution in [2.75, 3.05) is 25.4 Å². The molecule has 14 heavy (non-hydrogen) atoms. The summed E-state index contributed by atoms with van der Waals surface area (Å²) in [5, 5.41) is 0. The smallest absolute Gasteiger partial charge is 0.0731 e. The normalized spacial score (nSPS) is 32.9. The molecule has 1 saturated carbocycles. The lowest BCUT2D eigenvalue weighted by Gasteiger charge is -2.37. The molecule has 0 amide bonds. The molecule has 0 bridgehead atoms. The number of nitrogens with zero attached hydrogens (tertiary/aromatic N) is 1. The predicted molar refractivity (Wildman–Crippen MR) is 61.9 cm³/mol. The van der Waals surface area contributed by atoms with Gasteiger partial charge in [-0.25, -0.2) is 0 Å². The molecule has 2 aliphatic rings. The SMILES string of the molecule is C=C(CS)CN1CCOC2CCCC21. The second-order valence-electron chi connectivity index (χ2n) is 4.29. The van der Waals surface area contributed by atoms with Crippen molar-refractivity contribution in [2.45, 2.75) is 31.4 Å². The third-order valence-electron chi connectivity index (χ3n) is 3.25. The maximum absolute atomic E-state index is 5.76. The zero-order chi connectivity index (χ0) is 9.97. The van der Waals surface area contributed by atoms with E-state index in [2.05, 4.69) is 24.1 Å². The molecular formula is C11H19NOS. The molecule has 0 aromatic carbocycles. The molecule has 0 N–H and O–H groups in total. The number of hydrogen-bond donors (Lipinski definition) is 1. The van der Waals surface area contributed by atoms with E-state index < -0.39 is 0 Å². The summed E-state index contributed by atoms with van der Waals surface area (Å²) in [7, 11) is 0. The Morgan fingerprint density at radius 3 is 3.14 bits per heavy atom. The van der Waals surface area contributed by atoms with Gasteiger partial charge in [0.2, 0.25) is 0 Å². The van der Waals surface area contributed by atoms with Crippen molar-refractivity contribution in [3.05, 3.63) is 12.2 Å². The highest BCUT2D eigenvalue weighted by atomic mass is 32.1. The first-order valence-corrected chi connectivity index (χ1v) is 6.07. The van der Waals surface area contributed by atoms with Crippen LogP contribution in [0.3, 0.4) is 0 Å². The molecule has 0 radical (unpaired) electrons. The number of ether oxygens (including phenoxy) is 1. The van der Waals surface area contributed by atoms with Crippen LogP contribution in [0.4, 0.5) is 0 Å². The number of fused-ring (bicyclic) bond motifs is 1. The van der Waals surface area contributed by atoms with Gasteiger partial charge in [-0.3, -0.25) is 4.90 Å². The van der Waals surface area contributed by atoms with Crippen molar-refractivity contribution in [1.29, 1.82) is 0 Å². The van der Waals surface area contributed by atoms with Crippen LogP contribution in [0.15, 0.2) is 12.2 Å². The average molecular weight is 213 g/mol. The molecule has 2 unspecified atom stereocenters. The number of rotatable bonds is 3. The first kappa shape index (κ1) is 10.5. The number of thiol groups is 1.